The van der Waals surface area contributed by atoms with E-state index in [4.69, 9.17) is 11.6 Å². The van der Waals surface area contributed by atoms with Crippen LogP contribution < -0.4 is 5.32 Å². The zero-order valence-electron chi connectivity index (χ0n) is 16.5. The molecule has 6 nitrogen and oxygen atoms in total. The molecule has 1 aliphatic heterocycles. The first-order chi connectivity index (χ1) is 14.6. The molecule has 0 unspecified atom stereocenters. The predicted octanol–water partition coefficient (Wildman–Crippen LogP) is 4.54. The van der Waals surface area contributed by atoms with Crippen molar-refractivity contribution in [2.45, 2.75) is 50.6 Å². The van der Waals surface area contributed by atoms with Gasteiger partial charge in [0, 0.05) is 12.1 Å². The number of halogens is 3. The average Bonchev–Trinajstić information content (AvgIpc) is 3.40. The molecule has 2 aliphatic rings. The van der Waals surface area contributed by atoms with Crippen molar-refractivity contribution in [3.05, 3.63) is 41.1 Å². The maximum absolute atomic E-state index is 14.3. The van der Waals surface area contributed by atoms with Crippen molar-refractivity contribution in [3.8, 4) is 11.4 Å². The molecule has 2 fully saturated rings. The molecule has 1 saturated carbocycles. The first-order valence-corrected chi connectivity index (χ1v) is 10.8. The molecule has 5 rings (SSSR count). The van der Waals surface area contributed by atoms with Crippen molar-refractivity contribution in [1.82, 2.24) is 24.5 Å². The summed E-state index contributed by atoms with van der Waals surface area (Å²) in [5, 5.41) is 7.97. The molecule has 0 radical (unpaired) electrons. The van der Waals surface area contributed by atoms with Gasteiger partial charge in [-0.3, -0.25) is 0 Å². The van der Waals surface area contributed by atoms with Gasteiger partial charge in [-0.25, -0.2) is 13.8 Å². The lowest BCUT2D eigenvalue weighted by atomic mass is 9.90. The molecule has 1 aromatic carbocycles. The van der Waals surface area contributed by atoms with E-state index in [1.807, 2.05) is 0 Å². The van der Waals surface area contributed by atoms with Crippen molar-refractivity contribution in [3.63, 3.8) is 0 Å². The Labute approximate surface area is 178 Å². The predicted molar refractivity (Wildman–Crippen MR) is 112 cm³/mol. The number of hydrogen-bond acceptors (Lipinski definition) is 5. The maximum Gasteiger partial charge on any atom is 0.228 e. The second-order valence-corrected chi connectivity index (χ2v) is 8.50. The van der Waals surface area contributed by atoms with Crippen LogP contribution in [0, 0.1) is 11.6 Å². The lowest BCUT2D eigenvalue weighted by molar-refractivity contribution is 0.186. The second kappa shape index (κ2) is 8.07. The number of nitrogens with one attached hydrogen (secondary N) is 1. The van der Waals surface area contributed by atoms with Crippen LogP contribution in [0.2, 0.25) is 5.02 Å². The molecule has 9 heteroatoms. The van der Waals surface area contributed by atoms with E-state index in [9.17, 15) is 8.78 Å². The molecule has 0 bridgehead atoms. The highest BCUT2D eigenvalue weighted by atomic mass is 35.5. The van der Waals surface area contributed by atoms with Crippen LogP contribution in [0.25, 0.3) is 17.0 Å². The third-order valence-corrected chi connectivity index (χ3v) is 6.46. The number of hydrogen-bond donors (Lipinski definition) is 1. The highest BCUT2D eigenvalue weighted by Gasteiger charge is 2.28. The maximum atomic E-state index is 14.3. The number of nitrogens with zero attached hydrogens (tertiary/aromatic N) is 5. The highest BCUT2D eigenvalue weighted by Crippen LogP contribution is 2.30. The van der Waals surface area contributed by atoms with E-state index in [2.05, 4.69) is 25.3 Å². The second-order valence-electron chi connectivity index (χ2n) is 8.09. The first-order valence-electron chi connectivity index (χ1n) is 10.5. The molecule has 3 aromatic rings. The molecule has 1 saturated heterocycles. The monoisotopic (exact) mass is 432 g/mol. The number of likely N-dealkylation sites (tertiary alicyclic amines) is 1. The summed E-state index contributed by atoms with van der Waals surface area (Å²) in [5.74, 6) is -1.08. The van der Waals surface area contributed by atoms with Crippen LogP contribution in [0.5, 0.6) is 0 Å². The Hall–Kier alpha value is -2.32. The SMILES string of the molecule is Fc1cccc(F)c1-c1nc(NC2CCC(N3CCCC3)CC2)n2ncc(Cl)c2n1. The van der Waals surface area contributed by atoms with Crippen LogP contribution in [-0.4, -0.2) is 49.7 Å². The van der Waals surface area contributed by atoms with Crippen LogP contribution in [0.1, 0.15) is 38.5 Å². The summed E-state index contributed by atoms with van der Waals surface area (Å²) in [5.41, 5.74) is 0.0515. The van der Waals surface area contributed by atoms with Crippen LogP contribution in [0.15, 0.2) is 24.4 Å². The summed E-state index contributed by atoms with van der Waals surface area (Å²) in [6.07, 6.45) is 8.32. The molecule has 3 heterocycles. The van der Waals surface area contributed by atoms with Gasteiger partial charge in [0.15, 0.2) is 11.5 Å². The summed E-state index contributed by atoms with van der Waals surface area (Å²) in [4.78, 5) is 11.3. The third kappa shape index (κ3) is 3.63. The van der Waals surface area contributed by atoms with Crippen LogP contribution in [0.3, 0.4) is 0 Å². The van der Waals surface area contributed by atoms with Crippen molar-refractivity contribution >= 4 is 23.2 Å². The standard InChI is InChI=1S/C21H23ClF2N6/c22-15-12-25-30-20(15)27-19(18-16(23)4-3-5-17(18)24)28-21(30)26-13-6-8-14(9-7-13)29-10-1-2-11-29/h3-5,12-14H,1-2,6-11H2,(H,26,27,28). The van der Waals surface area contributed by atoms with Crippen LogP contribution in [-0.2, 0) is 0 Å². The largest absolute Gasteiger partial charge is 0.351 e. The van der Waals surface area contributed by atoms with E-state index in [1.165, 1.54) is 54.8 Å². The molecule has 1 aliphatic carbocycles. The molecule has 0 spiro atoms. The Morgan fingerprint density at radius 1 is 1.00 bits per heavy atom. The molecule has 30 heavy (non-hydrogen) atoms. The number of fused-ring (bicyclic) bond motifs is 1. The third-order valence-electron chi connectivity index (χ3n) is 6.20. The summed E-state index contributed by atoms with van der Waals surface area (Å²) < 4.78 is 30.2. The smallest absolute Gasteiger partial charge is 0.228 e. The Morgan fingerprint density at radius 2 is 1.70 bits per heavy atom. The van der Waals surface area contributed by atoms with Gasteiger partial charge in [0.2, 0.25) is 5.95 Å². The minimum atomic E-state index is -0.716. The summed E-state index contributed by atoms with van der Waals surface area (Å²) >= 11 is 6.22. The molecule has 0 atom stereocenters. The Morgan fingerprint density at radius 3 is 2.40 bits per heavy atom. The van der Waals surface area contributed by atoms with Gasteiger partial charge in [0.1, 0.15) is 16.7 Å². The van der Waals surface area contributed by atoms with E-state index in [1.54, 1.807) is 0 Å². The summed E-state index contributed by atoms with van der Waals surface area (Å²) in [6.45, 7) is 2.41. The van der Waals surface area contributed by atoms with Crippen LogP contribution in [0.4, 0.5) is 14.7 Å². The molecule has 1 N–H and O–H groups in total. The van der Waals surface area contributed by atoms with Crippen molar-refractivity contribution in [2.75, 3.05) is 18.4 Å². The fraction of sp³-hybridized carbons (Fsp3) is 0.476. The lowest BCUT2D eigenvalue weighted by Crippen LogP contribution is -2.39. The molecule has 158 valence electrons. The van der Waals surface area contributed by atoms with Gasteiger partial charge in [-0.1, -0.05) is 17.7 Å². The van der Waals surface area contributed by atoms with E-state index in [-0.39, 0.29) is 17.4 Å². The number of rotatable bonds is 4. The van der Waals surface area contributed by atoms with E-state index >= 15 is 0 Å². The summed E-state index contributed by atoms with van der Waals surface area (Å²) in [7, 11) is 0. The number of benzene rings is 1. The molecule has 0 amide bonds. The molecule has 2 aromatic heterocycles. The first kappa shape index (κ1) is 19.6. The average molecular weight is 433 g/mol. The summed E-state index contributed by atoms with van der Waals surface area (Å²) in [6, 6.07) is 4.56. The molecular formula is C21H23ClF2N6. The van der Waals surface area contributed by atoms with E-state index in [0.717, 1.165) is 25.7 Å². The molecular weight excluding hydrogens is 410 g/mol. The fourth-order valence-electron chi connectivity index (χ4n) is 4.64. The Balaban J connectivity index is 1.43. The van der Waals surface area contributed by atoms with E-state index < -0.39 is 11.6 Å². The van der Waals surface area contributed by atoms with Gasteiger partial charge in [-0.2, -0.15) is 14.6 Å². The van der Waals surface area contributed by atoms with Gasteiger partial charge in [-0.05, 0) is 63.7 Å². The Kier molecular flexibility index (Phi) is 5.28. The topological polar surface area (TPSA) is 58.4 Å². The van der Waals surface area contributed by atoms with Gasteiger partial charge in [0.25, 0.3) is 0 Å². The van der Waals surface area contributed by atoms with Gasteiger partial charge < -0.3 is 10.2 Å². The van der Waals surface area contributed by atoms with Crippen molar-refractivity contribution in [1.29, 1.82) is 0 Å². The zero-order chi connectivity index (χ0) is 20.7. The minimum absolute atomic E-state index is 0.0475. The van der Waals surface area contributed by atoms with Gasteiger partial charge >= 0.3 is 0 Å². The zero-order valence-corrected chi connectivity index (χ0v) is 17.2. The minimum Gasteiger partial charge on any atom is -0.351 e. The fourth-order valence-corrected chi connectivity index (χ4v) is 4.81. The van der Waals surface area contributed by atoms with E-state index in [0.29, 0.717) is 22.7 Å². The van der Waals surface area contributed by atoms with Gasteiger partial charge in [0.05, 0.1) is 11.8 Å². The Bertz CT molecular complexity index is 1040. The lowest BCUT2D eigenvalue weighted by Gasteiger charge is -2.34. The van der Waals surface area contributed by atoms with Crippen molar-refractivity contribution < 1.29 is 8.78 Å². The number of aromatic nitrogens is 4. The van der Waals surface area contributed by atoms with Crippen LogP contribution >= 0.6 is 11.6 Å². The van der Waals surface area contributed by atoms with Gasteiger partial charge in [-0.15, -0.1) is 0 Å². The highest BCUT2D eigenvalue weighted by molar-refractivity contribution is 6.33. The normalized spacial score (nSPS) is 22.6. The quantitative estimate of drug-likeness (QED) is 0.655. The number of anilines is 1. The van der Waals surface area contributed by atoms with Crippen molar-refractivity contribution in [2.24, 2.45) is 0 Å².